The van der Waals surface area contributed by atoms with Crippen LogP contribution in [0.5, 0.6) is 0 Å². The average molecular weight is 294 g/mol. The van der Waals surface area contributed by atoms with Crippen LogP contribution in [0, 0.1) is 12.8 Å². The van der Waals surface area contributed by atoms with Crippen molar-refractivity contribution >= 4 is 0 Å². The van der Waals surface area contributed by atoms with E-state index in [0.717, 1.165) is 51.1 Å². The van der Waals surface area contributed by atoms with E-state index in [4.69, 9.17) is 9.26 Å². The third kappa shape index (κ3) is 4.25. The lowest BCUT2D eigenvalue weighted by Crippen LogP contribution is -2.48. The summed E-state index contributed by atoms with van der Waals surface area (Å²) in [5.74, 6) is 2.26. The predicted octanol–water partition coefficient (Wildman–Crippen LogP) is 1.31. The summed E-state index contributed by atoms with van der Waals surface area (Å²) in [5.41, 5.74) is 0. The normalized spacial score (nSPS) is 28.9. The third-order valence-corrected chi connectivity index (χ3v) is 4.51. The van der Waals surface area contributed by atoms with Gasteiger partial charge in [-0.1, -0.05) is 5.16 Å². The zero-order chi connectivity index (χ0) is 14.7. The first-order chi connectivity index (χ1) is 10.2. The molecule has 3 rings (SSSR count). The van der Waals surface area contributed by atoms with E-state index in [0.29, 0.717) is 12.0 Å². The molecular formula is C15H26N4O2. The molecule has 0 bridgehead atoms. The molecule has 0 radical (unpaired) electrons. The molecule has 21 heavy (non-hydrogen) atoms. The van der Waals surface area contributed by atoms with Crippen LogP contribution in [-0.4, -0.2) is 65.4 Å². The second-order valence-electron chi connectivity index (χ2n) is 6.38. The van der Waals surface area contributed by atoms with Crippen molar-refractivity contribution in [1.82, 2.24) is 19.9 Å². The highest BCUT2D eigenvalue weighted by Gasteiger charge is 2.24. The second kappa shape index (κ2) is 6.85. The Labute approximate surface area is 126 Å². The number of aromatic nitrogens is 2. The Morgan fingerprint density at radius 3 is 2.62 bits per heavy atom. The summed E-state index contributed by atoms with van der Waals surface area (Å²) >= 11 is 0. The first kappa shape index (κ1) is 14.9. The summed E-state index contributed by atoms with van der Waals surface area (Å²) in [7, 11) is 0. The number of rotatable bonds is 4. The molecule has 118 valence electrons. The van der Waals surface area contributed by atoms with Crippen molar-refractivity contribution in [2.75, 3.05) is 39.3 Å². The molecule has 0 spiro atoms. The third-order valence-electron chi connectivity index (χ3n) is 4.51. The van der Waals surface area contributed by atoms with Gasteiger partial charge in [-0.15, -0.1) is 0 Å². The Morgan fingerprint density at radius 1 is 1.19 bits per heavy atom. The van der Waals surface area contributed by atoms with E-state index in [1.54, 1.807) is 0 Å². The molecule has 2 saturated heterocycles. The maximum atomic E-state index is 5.63. The lowest BCUT2D eigenvalue weighted by Gasteiger charge is -2.37. The molecule has 0 unspecified atom stereocenters. The predicted molar refractivity (Wildman–Crippen MR) is 78.9 cm³/mol. The van der Waals surface area contributed by atoms with Gasteiger partial charge in [0.2, 0.25) is 5.89 Å². The summed E-state index contributed by atoms with van der Waals surface area (Å²) in [6.07, 6.45) is 2.86. The van der Waals surface area contributed by atoms with Crippen molar-refractivity contribution in [1.29, 1.82) is 0 Å². The van der Waals surface area contributed by atoms with Gasteiger partial charge in [-0.2, -0.15) is 4.98 Å². The molecule has 2 fully saturated rings. The molecule has 6 nitrogen and oxygen atoms in total. The van der Waals surface area contributed by atoms with Crippen molar-refractivity contribution < 1.29 is 9.26 Å². The average Bonchev–Trinajstić information content (AvgIpc) is 2.86. The molecule has 0 aromatic carbocycles. The Morgan fingerprint density at radius 2 is 1.95 bits per heavy atom. The Hall–Kier alpha value is -0.980. The minimum absolute atomic E-state index is 0.437. The van der Waals surface area contributed by atoms with E-state index >= 15 is 0 Å². The summed E-state index contributed by atoms with van der Waals surface area (Å²) in [6.45, 7) is 11.5. The van der Waals surface area contributed by atoms with Crippen LogP contribution in [0.1, 0.15) is 31.5 Å². The van der Waals surface area contributed by atoms with Crippen molar-refractivity contribution in [2.45, 2.75) is 39.3 Å². The van der Waals surface area contributed by atoms with Gasteiger partial charge in [0.25, 0.3) is 0 Å². The van der Waals surface area contributed by atoms with Crippen molar-refractivity contribution in [2.24, 2.45) is 5.92 Å². The summed E-state index contributed by atoms with van der Waals surface area (Å²) in [4.78, 5) is 9.29. The van der Waals surface area contributed by atoms with E-state index in [1.807, 2.05) is 6.92 Å². The monoisotopic (exact) mass is 294 g/mol. The van der Waals surface area contributed by atoms with Crippen LogP contribution in [0.3, 0.4) is 0 Å². The first-order valence-electron chi connectivity index (χ1n) is 8.04. The van der Waals surface area contributed by atoms with Crippen LogP contribution in [-0.2, 0) is 11.3 Å². The molecule has 2 atom stereocenters. The first-order valence-corrected chi connectivity index (χ1v) is 8.04. The molecule has 0 saturated carbocycles. The lowest BCUT2D eigenvalue weighted by atomic mass is 9.95. The van der Waals surface area contributed by atoms with Crippen LogP contribution < -0.4 is 0 Å². The molecule has 0 aliphatic carbocycles. The molecule has 1 aromatic rings. The lowest BCUT2D eigenvalue weighted by molar-refractivity contribution is -0.00966. The number of piperazine rings is 1. The highest BCUT2D eigenvalue weighted by atomic mass is 16.5. The summed E-state index contributed by atoms with van der Waals surface area (Å²) in [6, 6.07) is 0. The Balaban J connectivity index is 1.40. The van der Waals surface area contributed by atoms with Gasteiger partial charge in [0.15, 0.2) is 5.82 Å². The largest absolute Gasteiger partial charge is 0.378 e. The molecule has 2 aliphatic rings. The number of ether oxygens (including phenoxy) is 1. The van der Waals surface area contributed by atoms with Crippen molar-refractivity contribution in [3.8, 4) is 0 Å². The van der Waals surface area contributed by atoms with Crippen LogP contribution in [0.4, 0.5) is 0 Å². The summed E-state index contributed by atoms with van der Waals surface area (Å²) in [5, 5.41) is 3.98. The quantitative estimate of drug-likeness (QED) is 0.834. The van der Waals surface area contributed by atoms with Gasteiger partial charge >= 0.3 is 0 Å². The second-order valence-corrected chi connectivity index (χ2v) is 6.38. The van der Waals surface area contributed by atoms with Crippen LogP contribution >= 0.6 is 0 Å². The van der Waals surface area contributed by atoms with E-state index in [-0.39, 0.29) is 0 Å². The number of nitrogens with zero attached hydrogens (tertiary/aromatic N) is 4. The van der Waals surface area contributed by atoms with Gasteiger partial charge < -0.3 is 14.2 Å². The van der Waals surface area contributed by atoms with Gasteiger partial charge in [-0.05, 0) is 25.7 Å². The highest BCUT2D eigenvalue weighted by molar-refractivity contribution is 4.86. The number of hydrogen-bond acceptors (Lipinski definition) is 6. The van der Waals surface area contributed by atoms with Crippen LogP contribution in [0.25, 0.3) is 0 Å². The maximum absolute atomic E-state index is 5.63. The fourth-order valence-corrected chi connectivity index (χ4v) is 3.36. The number of hydrogen-bond donors (Lipinski definition) is 0. The van der Waals surface area contributed by atoms with Crippen molar-refractivity contribution in [3.05, 3.63) is 11.7 Å². The Bertz CT molecular complexity index is 443. The SMILES string of the molecule is Cc1nc(CN2CCN(C[C@@H]3CCO[C@H](C)C3)CC2)no1. The van der Waals surface area contributed by atoms with E-state index < -0.39 is 0 Å². The maximum Gasteiger partial charge on any atom is 0.223 e. The van der Waals surface area contributed by atoms with Crippen LogP contribution in [0.2, 0.25) is 0 Å². The molecule has 3 heterocycles. The molecule has 0 amide bonds. The van der Waals surface area contributed by atoms with Crippen molar-refractivity contribution in [3.63, 3.8) is 0 Å². The van der Waals surface area contributed by atoms with E-state index in [1.165, 1.54) is 19.4 Å². The highest BCUT2D eigenvalue weighted by Crippen LogP contribution is 2.21. The van der Waals surface area contributed by atoms with Gasteiger partial charge in [-0.3, -0.25) is 4.90 Å². The van der Waals surface area contributed by atoms with Gasteiger partial charge in [-0.25, -0.2) is 0 Å². The van der Waals surface area contributed by atoms with Gasteiger partial charge in [0.05, 0.1) is 12.6 Å². The topological polar surface area (TPSA) is 54.6 Å². The zero-order valence-corrected chi connectivity index (χ0v) is 13.1. The Kier molecular flexibility index (Phi) is 4.87. The summed E-state index contributed by atoms with van der Waals surface area (Å²) < 4.78 is 10.7. The zero-order valence-electron chi connectivity index (χ0n) is 13.1. The smallest absolute Gasteiger partial charge is 0.223 e. The minimum Gasteiger partial charge on any atom is -0.378 e. The molecule has 6 heteroatoms. The minimum atomic E-state index is 0.437. The number of aryl methyl sites for hydroxylation is 1. The van der Waals surface area contributed by atoms with Gasteiger partial charge in [0, 0.05) is 46.3 Å². The molecule has 0 N–H and O–H groups in total. The van der Waals surface area contributed by atoms with Crippen LogP contribution in [0.15, 0.2) is 4.52 Å². The fourth-order valence-electron chi connectivity index (χ4n) is 3.36. The standard InChI is InChI=1S/C15H26N4O2/c1-12-9-14(3-8-20-12)10-18-4-6-19(7-5-18)11-15-16-13(2)21-17-15/h12,14H,3-11H2,1-2H3/t12-,14-/m1/s1. The van der Waals surface area contributed by atoms with Gasteiger partial charge in [0.1, 0.15) is 0 Å². The van der Waals surface area contributed by atoms with E-state index in [9.17, 15) is 0 Å². The molecular weight excluding hydrogens is 268 g/mol. The fraction of sp³-hybridized carbons (Fsp3) is 0.867. The molecule has 2 aliphatic heterocycles. The van der Waals surface area contributed by atoms with E-state index in [2.05, 4.69) is 26.9 Å². The molecule has 1 aromatic heterocycles.